The minimum atomic E-state index is -0.246. The van der Waals surface area contributed by atoms with Crippen LogP contribution in [0.2, 0.25) is 0 Å². The SMILES string of the molecule is COCCCn1cnc2oc(C)c(C(=O)N3CCN(Cc4ccc(C)cc4)CC3)c2c1=O. The molecule has 8 heteroatoms. The van der Waals surface area contributed by atoms with Crippen molar-refractivity contribution in [3.63, 3.8) is 0 Å². The molecule has 0 radical (unpaired) electrons. The quantitative estimate of drug-likeness (QED) is 0.528. The highest BCUT2D eigenvalue weighted by Gasteiger charge is 2.29. The molecule has 1 aliphatic heterocycles. The van der Waals surface area contributed by atoms with Gasteiger partial charge < -0.3 is 14.1 Å². The number of methoxy groups -OCH3 is 1. The van der Waals surface area contributed by atoms with Gasteiger partial charge in [-0.3, -0.25) is 19.1 Å². The van der Waals surface area contributed by atoms with Crippen LogP contribution in [0.15, 0.2) is 39.8 Å². The van der Waals surface area contributed by atoms with Crippen LogP contribution in [0.5, 0.6) is 0 Å². The van der Waals surface area contributed by atoms with Crippen LogP contribution in [-0.2, 0) is 17.8 Å². The lowest BCUT2D eigenvalue weighted by Crippen LogP contribution is -2.48. The van der Waals surface area contributed by atoms with Gasteiger partial charge in [0.1, 0.15) is 17.5 Å². The Labute approximate surface area is 187 Å². The maximum atomic E-state index is 13.4. The van der Waals surface area contributed by atoms with Gasteiger partial charge in [0.2, 0.25) is 5.71 Å². The molecular formula is C24H30N4O4. The number of piperazine rings is 1. The first kappa shape index (κ1) is 22.2. The van der Waals surface area contributed by atoms with Gasteiger partial charge in [0.25, 0.3) is 11.5 Å². The zero-order chi connectivity index (χ0) is 22.7. The third kappa shape index (κ3) is 4.61. The Morgan fingerprint density at radius 3 is 2.53 bits per heavy atom. The van der Waals surface area contributed by atoms with E-state index >= 15 is 0 Å². The number of furan rings is 1. The molecule has 4 rings (SSSR count). The molecule has 0 N–H and O–H groups in total. The average Bonchev–Trinajstić information content (AvgIpc) is 3.14. The van der Waals surface area contributed by atoms with E-state index in [1.165, 1.54) is 22.0 Å². The molecule has 0 atom stereocenters. The molecule has 0 saturated carbocycles. The molecule has 0 aliphatic carbocycles. The normalized spacial score (nSPS) is 14.9. The first-order chi connectivity index (χ1) is 15.5. The van der Waals surface area contributed by atoms with E-state index in [1.807, 2.05) is 4.90 Å². The number of carbonyl (C=O) groups is 1. The van der Waals surface area contributed by atoms with Crippen molar-refractivity contribution in [1.82, 2.24) is 19.4 Å². The first-order valence-electron chi connectivity index (χ1n) is 11.0. The highest BCUT2D eigenvalue weighted by Crippen LogP contribution is 2.23. The summed E-state index contributed by atoms with van der Waals surface area (Å²) < 4.78 is 12.3. The Balaban J connectivity index is 1.49. The summed E-state index contributed by atoms with van der Waals surface area (Å²) in [5, 5.41) is 0.273. The first-order valence-corrected chi connectivity index (χ1v) is 11.0. The lowest BCUT2D eigenvalue weighted by Gasteiger charge is -2.34. The van der Waals surface area contributed by atoms with Crippen molar-refractivity contribution in [2.45, 2.75) is 33.4 Å². The molecule has 1 fully saturated rings. The number of benzene rings is 1. The third-order valence-corrected chi connectivity index (χ3v) is 6.00. The van der Waals surface area contributed by atoms with Crippen molar-refractivity contribution in [3.8, 4) is 0 Å². The number of aryl methyl sites for hydroxylation is 3. The molecule has 3 aromatic rings. The number of ether oxygens (including phenoxy) is 1. The summed E-state index contributed by atoms with van der Waals surface area (Å²) in [6.07, 6.45) is 2.16. The lowest BCUT2D eigenvalue weighted by atomic mass is 10.1. The second kappa shape index (κ2) is 9.67. The fourth-order valence-electron chi connectivity index (χ4n) is 4.15. The Morgan fingerprint density at radius 2 is 1.84 bits per heavy atom. The molecular weight excluding hydrogens is 408 g/mol. The summed E-state index contributed by atoms with van der Waals surface area (Å²) in [4.78, 5) is 34.9. The Kier molecular flexibility index (Phi) is 6.72. The lowest BCUT2D eigenvalue weighted by molar-refractivity contribution is 0.0628. The molecule has 170 valence electrons. The third-order valence-electron chi connectivity index (χ3n) is 6.00. The largest absolute Gasteiger partial charge is 0.442 e. The molecule has 1 saturated heterocycles. The number of amides is 1. The van der Waals surface area contributed by atoms with Crippen molar-refractivity contribution < 1.29 is 13.9 Å². The molecule has 2 aromatic heterocycles. The van der Waals surface area contributed by atoms with Crippen LogP contribution >= 0.6 is 0 Å². The minimum absolute atomic E-state index is 0.162. The standard InChI is InChI=1S/C24H30N4O4/c1-17-5-7-19(8-6-17)15-26-10-12-27(13-11-26)23(29)20-18(2)32-22-21(20)24(30)28(16-25-22)9-4-14-31-3/h5-8,16H,4,9-15H2,1-3H3. The van der Waals surface area contributed by atoms with Gasteiger partial charge >= 0.3 is 0 Å². The van der Waals surface area contributed by atoms with Crippen LogP contribution in [0.25, 0.3) is 11.1 Å². The van der Waals surface area contributed by atoms with Gasteiger partial charge in [0.15, 0.2) is 0 Å². The van der Waals surface area contributed by atoms with Gasteiger partial charge in [-0.15, -0.1) is 0 Å². The van der Waals surface area contributed by atoms with Crippen molar-refractivity contribution in [1.29, 1.82) is 0 Å². The molecule has 0 unspecified atom stereocenters. The number of hydrogen-bond acceptors (Lipinski definition) is 6. The van der Waals surface area contributed by atoms with Gasteiger partial charge in [-0.1, -0.05) is 29.8 Å². The molecule has 0 bridgehead atoms. The highest BCUT2D eigenvalue weighted by molar-refractivity contribution is 6.06. The molecule has 3 heterocycles. The van der Waals surface area contributed by atoms with Gasteiger partial charge in [0, 0.05) is 53.0 Å². The molecule has 32 heavy (non-hydrogen) atoms. The van der Waals surface area contributed by atoms with Crippen molar-refractivity contribution in [2.75, 3.05) is 39.9 Å². The topological polar surface area (TPSA) is 80.8 Å². The summed E-state index contributed by atoms with van der Waals surface area (Å²) in [5.41, 5.74) is 2.83. The van der Waals surface area contributed by atoms with E-state index in [1.54, 1.807) is 14.0 Å². The second-order valence-corrected chi connectivity index (χ2v) is 8.36. The summed E-state index contributed by atoms with van der Waals surface area (Å²) in [7, 11) is 1.63. The van der Waals surface area contributed by atoms with Crippen LogP contribution in [0.4, 0.5) is 0 Å². The number of fused-ring (bicyclic) bond motifs is 1. The number of rotatable bonds is 7. The zero-order valence-corrected chi connectivity index (χ0v) is 19.0. The highest BCUT2D eigenvalue weighted by atomic mass is 16.5. The van der Waals surface area contributed by atoms with Gasteiger partial charge in [-0.2, -0.15) is 0 Å². The Hall–Kier alpha value is -2.97. The van der Waals surface area contributed by atoms with E-state index in [4.69, 9.17) is 9.15 Å². The molecule has 0 spiro atoms. The van der Waals surface area contributed by atoms with E-state index in [-0.39, 0.29) is 22.6 Å². The molecule has 1 amide bonds. The fraction of sp³-hybridized carbons (Fsp3) is 0.458. The zero-order valence-electron chi connectivity index (χ0n) is 19.0. The fourth-order valence-corrected chi connectivity index (χ4v) is 4.15. The Morgan fingerprint density at radius 1 is 1.12 bits per heavy atom. The Bertz CT molecular complexity index is 1140. The minimum Gasteiger partial charge on any atom is -0.442 e. The van der Waals surface area contributed by atoms with Gasteiger partial charge in [0.05, 0.1) is 5.56 Å². The number of aromatic nitrogens is 2. The van der Waals surface area contributed by atoms with E-state index in [2.05, 4.69) is 41.1 Å². The monoisotopic (exact) mass is 438 g/mol. The summed E-state index contributed by atoms with van der Waals surface area (Å²) in [5.74, 6) is 0.274. The molecule has 1 aliphatic rings. The van der Waals surface area contributed by atoms with Crippen LogP contribution < -0.4 is 5.56 Å². The average molecular weight is 439 g/mol. The van der Waals surface area contributed by atoms with Gasteiger partial charge in [-0.05, 0) is 25.8 Å². The van der Waals surface area contributed by atoms with Crippen molar-refractivity contribution >= 4 is 17.0 Å². The van der Waals surface area contributed by atoms with Crippen LogP contribution in [0.1, 0.15) is 33.7 Å². The van der Waals surface area contributed by atoms with Crippen LogP contribution in [-0.4, -0.2) is 65.2 Å². The summed E-state index contributed by atoms with van der Waals surface area (Å²) in [6.45, 7) is 8.49. The summed E-state index contributed by atoms with van der Waals surface area (Å²) >= 11 is 0. The van der Waals surface area contributed by atoms with Crippen molar-refractivity contribution in [2.24, 2.45) is 0 Å². The van der Waals surface area contributed by atoms with E-state index in [9.17, 15) is 9.59 Å². The van der Waals surface area contributed by atoms with E-state index in [0.717, 1.165) is 19.6 Å². The maximum Gasteiger partial charge on any atom is 0.265 e. The van der Waals surface area contributed by atoms with Crippen LogP contribution in [0, 0.1) is 13.8 Å². The van der Waals surface area contributed by atoms with Crippen molar-refractivity contribution in [3.05, 3.63) is 63.4 Å². The number of nitrogens with zero attached hydrogens (tertiary/aromatic N) is 4. The predicted octanol–water partition coefficient (Wildman–Crippen LogP) is 2.60. The predicted molar refractivity (Wildman–Crippen MR) is 122 cm³/mol. The second-order valence-electron chi connectivity index (χ2n) is 8.36. The number of hydrogen-bond donors (Lipinski definition) is 0. The maximum absolute atomic E-state index is 13.4. The summed E-state index contributed by atoms with van der Waals surface area (Å²) in [6, 6.07) is 8.55. The smallest absolute Gasteiger partial charge is 0.265 e. The van der Waals surface area contributed by atoms with E-state index < -0.39 is 0 Å². The van der Waals surface area contributed by atoms with Gasteiger partial charge in [-0.25, -0.2) is 4.98 Å². The van der Waals surface area contributed by atoms with Crippen LogP contribution in [0.3, 0.4) is 0 Å². The van der Waals surface area contributed by atoms with E-state index in [0.29, 0.717) is 44.0 Å². The molecule has 1 aromatic carbocycles. The number of carbonyl (C=O) groups excluding carboxylic acids is 1. The molecule has 8 nitrogen and oxygen atoms in total.